The molecule has 2 aromatic carbocycles. The standard InChI is InChI=1S/C33H37Cl3N4O8/c1-6-7-44-28-17(3)29-31(48-15-47-29)25-19(28)10-21-26-24-18(8-16(2)27(43-5)30(24)46-14-42-4)9-20(39-26)22(11-37)40(21)23(25)12-38-32(41)45-13-33(34,35)36/h6,8,20-23,26,39H,1,7,9-10,12-15H2,2-5H3,(H,38,41)/t20-,21+,22+,23+,26+/m1/s1. The molecule has 0 aromatic heterocycles. The van der Waals surface area contributed by atoms with E-state index in [1.165, 1.54) is 0 Å². The molecule has 6 rings (SSSR count). The Morgan fingerprint density at radius 3 is 2.62 bits per heavy atom. The van der Waals surface area contributed by atoms with E-state index in [4.69, 9.17) is 68.0 Å². The summed E-state index contributed by atoms with van der Waals surface area (Å²) in [4.78, 5) is 15.1. The lowest BCUT2D eigenvalue weighted by Crippen LogP contribution is -2.68. The molecule has 0 saturated carbocycles. The van der Waals surface area contributed by atoms with Crippen molar-refractivity contribution in [3.8, 4) is 34.8 Å². The van der Waals surface area contributed by atoms with Crippen molar-refractivity contribution < 1.29 is 38.0 Å². The Morgan fingerprint density at radius 2 is 1.94 bits per heavy atom. The van der Waals surface area contributed by atoms with Gasteiger partial charge in [0.2, 0.25) is 10.6 Å². The first-order chi connectivity index (χ1) is 23.0. The summed E-state index contributed by atoms with van der Waals surface area (Å²) in [5.41, 5.74) is 5.34. The van der Waals surface area contributed by atoms with Crippen LogP contribution in [0.4, 0.5) is 4.79 Å². The number of nitrogens with zero attached hydrogens (tertiary/aromatic N) is 2. The summed E-state index contributed by atoms with van der Waals surface area (Å²) in [5, 5.41) is 17.4. The predicted molar refractivity (Wildman–Crippen MR) is 178 cm³/mol. The van der Waals surface area contributed by atoms with Gasteiger partial charge in [-0.1, -0.05) is 53.5 Å². The third-order valence-corrected chi connectivity index (χ3v) is 9.54. The number of alkyl carbamates (subject to hydrolysis) is 1. The quantitative estimate of drug-likeness (QED) is 0.193. The van der Waals surface area contributed by atoms with Gasteiger partial charge >= 0.3 is 6.09 Å². The van der Waals surface area contributed by atoms with Gasteiger partial charge in [-0.3, -0.25) is 4.90 Å². The summed E-state index contributed by atoms with van der Waals surface area (Å²) in [7, 11) is 3.18. The average Bonchev–Trinajstić information content (AvgIpc) is 3.55. The van der Waals surface area contributed by atoms with E-state index in [1.807, 2.05) is 13.8 Å². The van der Waals surface area contributed by atoms with Crippen LogP contribution < -0.4 is 34.3 Å². The van der Waals surface area contributed by atoms with Gasteiger partial charge in [-0.2, -0.15) is 5.26 Å². The van der Waals surface area contributed by atoms with Crippen LogP contribution in [0.15, 0.2) is 18.7 Å². The Balaban J connectivity index is 1.52. The lowest BCUT2D eigenvalue weighted by Gasteiger charge is -2.56. The van der Waals surface area contributed by atoms with Crippen molar-refractivity contribution >= 4 is 40.9 Å². The minimum atomic E-state index is -1.78. The number of benzene rings is 2. The van der Waals surface area contributed by atoms with Crippen LogP contribution in [-0.4, -0.2) is 80.5 Å². The van der Waals surface area contributed by atoms with Crippen LogP contribution in [0, 0.1) is 25.2 Å². The summed E-state index contributed by atoms with van der Waals surface area (Å²) in [5.74, 6) is 2.94. The van der Waals surface area contributed by atoms with Gasteiger partial charge in [0.15, 0.2) is 29.8 Å². The van der Waals surface area contributed by atoms with E-state index in [0.29, 0.717) is 41.6 Å². The van der Waals surface area contributed by atoms with Crippen molar-refractivity contribution in [2.75, 3.05) is 47.6 Å². The highest BCUT2D eigenvalue weighted by Gasteiger charge is 2.54. The number of aryl methyl sites for hydroxylation is 1. The van der Waals surface area contributed by atoms with Crippen molar-refractivity contribution in [1.29, 1.82) is 5.26 Å². The molecule has 1 saturated heterocycles. The van der Waals surface area contributed by atoms with E-state index in [9.17, 15) is 10.1 Å². The minimum absolute atomic E-state index is 0.0175. The van der Waals surface area contributed by atoms with Crippen LogP contribution in [0.2, 0.25) is 0 Å². The van der Waals surface area contributed by atoms with Crippen molar-refractivity contribution in [2.45, 2.75) is 60.7 Å². The molecule has 0 unspecified atom stereocenters. The second-order valence-electron chi connectivity index (χ2n) is 12.0. The number of alkyl halides is 3. The fourth-order valence-corrected chi connectivity index (χ4v) is 7.73. The monoisotopic (exact) mass is 722 g/mol. The van der Waals surface area contributed by atoms with Gasteiger partial charge in [0.25, 0.3) is 0 Å². The highest BCUT2D eigenvalue weighted by atomic mass is 35.6. The summed E-state index contributed by atoms with van der Waals surface area (Å²) in [6, 6.07) is 2.63. The van der Waals surface area contributed by atoms with Gasteiger partial charge in [0, 0.05) is 48.0 Å². The minimum Gasteiger partial charge on any atom is -0.493 e. The van der Waals surface area contributed by atoms with Gasteiger partial charge in [0.1, 0.15) is 25.0 Å². The number of ether oxygens (including phenoxy) is 7. The highest BCUT2D eigenvalue weighted by molar-refractivity contribution is 6.67. The molecule has 1 fully saturated rings. The molecule has 48 heavy (non-hydrogen) atoms. The molecule has 15 heteroatoms. The van der Waals surface area contributed by atoms with Crippen LogP contribution in [-0.2, 0) is 22.3 Å². The fraction of sp³-hybridized carbons (Fsp3) is 0.515. The number of halogens is 3. The molecule has 2 bridgehead atoms. The van der Waals surface area contributed by atoms with Gasteiger partial charge in [0.05, 0.1) is 25.3 Å². The molecule has 2 aromatic rings. The molecular weight excluding hydrogens is 687 g/mol. The van der Waals surface area contributed by atoms with Crippen molar-refractivity contribution in [2.24, 2.45) is 0 Å². The molecule has 0 spiro atoms. The molecular formula is C33H37Cl3N4O8. The van der Waals surface area contributed by atoms with Crippen LogP contribution in [0.5, 0.6) is 28.7 Å². The van der Waals surface area contributed by atoms with Crippen molar-refractivity contribution in [1.82, 2.24) is 15.5 Å². The number of methoxy groups -OCH3 is 2. The Hall–Kier alpha value is -3.31. The Bertz CT molecular complexity index is 1640. The SMILES string of the molecule is C=CCOc1c(C)c2c(c3c1C[C@H]1[C@@H]4N[C@H](Cc5cc(C)c(OC)c(OCOC)c54)[C@H](C#N)N1[C@H]3CNC(=O)OCC(Cl)(Cl)Cl)OCO2. The summed E-state index contributed by atoms with van der Waals surface area (Å²) in [6.07, 6.45) is 1.92. The summed E-state index contributed by atoms with van der Waals surface area (Å²) < 4.78 is 39.2. The number of fused-ring (bicyclic) bond motifs is 9. The largest absolute Gasteiger partial charge is 0.493 e. The van der Waals surface area contributed by atoms with Crippen LogP contribution >= 0.6 is 34.8 Å². The molecule has 0 radical (unpaired) electrons. The van der Waals surface area contributed by atoms with E-state index in [0.717, 1.165) is 33.4 Å². The zero-order chi connectivity index (χ0) is 34.3. The Labute approximate surface area is 294 Å². The van der Waals surface area contributed by atoms with Crippen LogP contribution in [0.1, 0.15) is 45.5 Å². The van der Waals surface area contributed by atoms with Crippen molar-refractivity contribution in [3.05, 3.63) is 52.1 Å². The third-order valence-electron chi connectivity index (χ3n) is 9.21. The lowest BCUT2D eigenvalue weighted by atomic mass is 9.72. The summed E-state index contributed by atoms with van der Waals surface area (Å²) >= 11 is 17.5. The number of amides is 1. The van der Waals surface area contributed by atoms with E-state index in [2.05, 4.69) is 34.2 Å². The normalized spacial score (nSPS) is 23.6. The molecule has 5 atom stereocenters. The first kappa shape index (κ1) is 34.5. The Kier molecular flexibility index (Phi) is 10.0. The highest BCUT2D eigenvalue weighted by Crippen LogP contribution is 2.56. The lowest BCUT2D eigenvalue weighted by molar-refractivity contribution is -0.00350. The number of nitrogens with one attached hydrogen (secondary N) is 2. The number of carbonyl (C=O) groups is 1. The van der Waals surface area contributed by atoms with Gasteiger partial charge in [-0.05, 0) is 37.8 Å². The number of rotatable bonds is 10. The summed E-state index contributed by atoms with van der Waals surface area (Å²) in [6.45, 7) is 7.62. The second-order valence-corrected chi connectivity index (χ2v) is 14.5. The van der Waals surface area contributed by atoms with E-state index in [1.54, 1.807) is 20.3 Å². The number of hydrogen-bond donors (Lipinski definition) is 2. The number of carbonyl (C=O) groups excluding carboxylic acids is 1. The zero-order valence-electron chi connectivity index (χ0n) is 27.0. The molecule has 2 N–H and O–H groups in total. The predicted octanol–water partition coefficient (Wildman–Crippen LogP) is 5.11. The van der Waals surface area contributed by atoms with Crippen LogP contribution in [0.25, 0.3) is 0 Å². The fourth-order valence-electron chi connectivity index (χ4n) is 7.57. The molecule has 258 valence electrons. The van der Waals surface area contributed by atoms with E-state index < -0.39 is 28.6 Å². The van der Waals surface area contributed by atoms with Crippen molar-refractivity contribution in [3.63, 3.8) is 0 Å². The smallest absolute Gasteiger partial charge is 0.407 e. The maximum atomic E-state index is 12.9. The molecule has 4 aliphatic rings. The topological polar surface area (TPSA) is 133 Å². The van der Waals surface area contributed by atoms with Gasteiger partial charge in [-0.25, -0.2) is 4.79 Å². The van der Waals surface area contributed by atoms with Gasteiger partial charge in [-0.15, -0.1) is 0 Å². The first-order valence-electron chi connectivity index (χ1n) is 15.4. The molecule has 4 aliphatic heterocycles. The van der Waals surface area contributed by atoms with Crippen LogP contribution in [0.3, 0.4) is 0 Å². The number of nitriles is 1. The molecule has 0 aliphatic carbocycles. The third kappa shape index (κ3) is 6.17. The Morgan fingerprint density at radius 1 is 1.17 bits per heavy atom. The number of piperazine rings is 1. The molecule has 1 amide bonds. The molecule has 4 heterocycles. The van der Waals surface area contributed by atoms with E-state index >= 15 is 0 Å². The molecule has 12 nitrogen and oxygen atoms in total. The van der Waals surface area contributed by atoms with E-state index in [-0.39, 0.29) is 44.9 Å². The maximum absolute atomic E-state index is 12.9. The van der Waals surface area contributed by atoms with Gasteiger partial charge < -0.3 is 43.8 Å². The average molecular weight is 724 g/mol. The first-order valence-corrected chi connectivity index (χ1v) is 16.6. The maximum Gasteiger partial charge on any atom is 0.407 e. The second kappa shape index (κ2) is 13.9. The zero-order valence-corrected chi connectivity index (χ0v) is 29.3. The number of hydrogen-bond acceptors (Lipinski definition) is 11.